The molecule has 20 heavy (non-hydrogen) atoms. The lowest BCUT2D eigenvalue weighted by molar-refractivity contribution is -0.0498. The van der Waals surface area contributed by atoms with Gasteiger partial charge in [0.25, 0.3) is 0 Å². The summed E-state index contributed by atoms with van der Waals surface area (Å²) in [6, 6.07) is 12.0. The van der Waals surface area contributed by atoms with Crippen LogP contribution < -0.4 is 10.1 Å². The van der Waals surface area contributed by atoms with Gasteiger partial charge in [0, 0.05) is 11.0 Å². The molecule has 0 aliphatic rings. The Morgan fingerprint density at radius 1 is 1.15 bits per heavy atom. The Hall–Kier alpha value is -1.33. The molecule has 0 atom stereocenters. The maximum atomic E-state index is 12.0. The average Bonchev–Trinajstić information content (AvgIpc) is 2.41. The fraction of sp³-hybridized carbons (Fsp3) is 0.143. The molecule has 0 heterocycles. The van der Waals surface area contributed by atoms with Crippen LogP contribution in [0.1, 0.15) is 5.56 Å². The third-order valence-corrected chi connectivity index (χ3v) is 3.38. The zero-order valence-corrected chi connectivity index (χ0v) is 12.6. The Balaban J connectivity index is 1.98. The van der Waals surface area contributed by atoms with Gasteiger partial charge in [-0.3, -0.25) is 0 Å². The van der Waals surface area contributed by atoms with Crippen molar-refractivity contribution in [2.45, 2.75) is 13.2 Å². The highest BCUT2D eigenvalue weighted by atomic mass is 79.9. The minimum atomic E-state index is -2.81. The fourth-order valence-corrected chi connectivity index (χ4v) is 2.16. The molecule has 0 aliphatic carbocycles. The third kappa shape index (κ3) is 4.35. The van der Waals surface area contributed by atoms with Crippen LogP contribution in [0.15, 0.2) is 46.9 Å². The van der Waals surface area contributed by atoms with Crippen LogP contribution in [0.2, 0.25) is 5.02 Å². The summed E-state index contributed by atoms with van der Waals surface area (Å²) < 4.78 is 29.2. The highest BCUT2D eigenvalue weighted by Crippen LogP contribution is 2.26. The SMILES string of the molecule is FC(F)Oc1ccc(CNc2cc(Br)ccc2Cl)cc1. The summed E-state index contributed by atoms with van der Waals surface area (Å²) >= 11 is 9.43. The van der Waals surface area contributed by atoms with Gasteiger partial charge in [0.1, 0.15) is 5.75 Å². The van der Waals surface area contributed by atoms with Crippen LogP contribution in [0.4, 0.5) is 14.5 Å². The maximum absolute atomic E-state index is 12.0. The van der Waals surface area contributed by atoms with Crippen LogP contribution in [-0.4, -0.2) is 6.61 Å². The molecule has 2 rings (SSSR count). The zero-order chi connectivity index (χ0) is 14.5. The predicted octanol–water partition coefficient (Wildman–Crippen LogP) is 5.32. The lowest BCUT2D eigenvalue weighted by Crippen LogP contribution is -2.03. The standard InChI is InChI=1S/C14H11BrClF2NO/c15-10-3-6-12(16)13(7-10)19-8-9-1-4-11(5-2-9)20-14(17)18/h1-7,14,19H,8H2. The van der Waals surface area contributed by atoms with E-state index >= 15 is 0 Å². The number of rotatable bonds is 5. The molecule has 0 unspecified atom stereocenters. The molecule has 0 fully saturated rings. The largest absolute Gasteiger partial charge is 0.435 e. The molecule has 0 saturated heterocycles. The fourth-order valence-electron chi connectivity index (χ4n) is 1.62. The second-order valence-corrected chi connectivity index (χ2v) is 5.32. The minimum Gasteiger partial charge on any atom is -0.435 e. The first-order chi connectivity index (χ1) is 9.54. The van der Waals surface area contributed by atoms with Gasteiger partial charge in [-0.25, -0.2) is 0 Å². The molecule has 0 radical (unpaired) electrons. The van der Waals surface area contributed by atoms with Gasteiger partial charge in [-0.2, -0.15) is 8.78 Å². The summed E-state index contributed by atoms with van der Waals surface area (Å²) in [5.74, 6) is 0.143. The van der Waals surface area contributed by atoms with Crippen molar-refractivity contribution in [2.75, 3.05) is 5.32 Å². The number of ether oxygens (including phenoxy) is 1. The summed E-state index contributed by atoms with van der Waals surface area (Å²) in [5, 5.41) is 3.80. The number of benzene rings is 2. The van der Waals surface area contributed by atoms with Crippen molar-refractivity contribution >= 4 is 33.2 Å². The van der Waals surface area contributed by atoms with Crippen molar-refractivity contribution in [1.29, 1.82) is 0 Å². The van der Waals surface area contributed by atoms with Crippen molar-refractivity contribution in [2.24, 2.45) is 0 Å². The van der Waals surface area contributed by atoms with Crippen LogP contribution in [0.5, 0.6) is 5.75 Å². The third-order valence-electron chi connectivity index (χ3n) is 2.56. The van der Waals surface area contributed by atoms with Gasteiger partial charge in [0.05, 0.1) is 10.7 Å². The van der Waals surface area contributed by atoms with Gasteiger partial charge in [0.15, 0.2) is 0 Å². The average molecular weight is 363 g/mol. The normalized spacial score (nSPS) is 10.7. The van der Waals surface area contributed by atoms with Gasteiger partial charge in [-0.1, -0.05) is 39.7 Å². The van der Waals surface area contributed by atoms with E-state index in [9.17, 15) is 8.78 Å². The molecule has 0 spiro atoms. The van der Waals surface area contributed by atoms with Crippen LogP contribution >= 0.6 is 27.5 Å². The zero-order valence-electron chi connectivity index (χ0n) is 10.2. The Morgan fingerprint density at radius 2 is 1.85 bits per heavy atom. The summed E-state index contributed by atoms with van der Waals surface area (Å²) in [6.45, 7) is -2.27. The first kappa shape index (κ1) is 15.1. The molecule has 2 aromatic rings. The molecule has 0 saturated carbocycles. The highest BCUT2D eigenvalue weighted by Gasteiger charge is 2.04. The van der Waals surface area contributed by atoms with Gasteiger partial charge < -0.3 is 10.1 Å². The van der Waals surface area contributed by atoms with E-state index in [1.165, 1.54) is 12.1 Å². The van der Waals surface area contributed by atoms with Crippen LogP contribution in [0.25, 0.3) is 0 Å². The number of anilines is 1. The number of halogens is 4. The summed E-state index contributed by atoms with van der Waals surface area (Å²) in [4.78, 5) is 0. The van der Waals surface area contributed by atoms with Crippen molar-refractivity contribution in [1.82, 2.24) is 0 Å². The molecular weight excluding hydrogens is 352 g/mol. The smallest absolute Gasteiger partial charge is 0.387 e. The first-order valence-electron chi connectivity index (χ1n) is 5.77. The lowest BCUT2D eigenvalue weighted by Gasteiger charge is -2.10. The van der Waals surface area contributed by atoms with E-state index in [-0.39, 0.29) is 5.75 Å². The van der Waals surface area contributed by atoms with E-state index in [4.69, 9.17) is 11.6 Å². The molecule has 2 aromatic carbocycles. The number of alkyl halides is 2. The number of hydrogen-bond acceptors (Lipinski definition) is 2. The topological polar surface area (TPSA) is 21.3 Å². The van der Waals surface area contributed by atoms with Gasteiger partial charge in [-0.15, -0.1) is 0 Å². The molecule has 6 heteroatoms. The number of hydrogen-bond donors (Lipinski definition) is 1. The Bertz CT molecular complexity index is 578. The Labute approximate surface area is 128 Å². The molecule has 0 aromatic heterocycles. The van der Waals surface area contributed by atoms with E-state index in [0.29, 0.717) is 11.6 Å². The minimum absolute atomic E-state index is 0.143. The Morgan fingerprint density at radius 3 is 2.50 bits per heavy atom. The van der Waals surface area contributed by atoms with E-state index in [1.54, 1.807) is 18.2 Å². The second-order valence-electron chi connectivity index (χ2n) is 4.00. The van der Waals surface area contributed by atoms with Crippen molar-refractivity contribution < 1.29 is 13.5 Å². The van der Waals surface area contributed by atoms with Crippen molar-refractivity contribution in [3.8, 4) is 5.75 Å². The molecule has 0 amide bonds. The summed E-state index contributed by atoms with van der Waals surface area (Å²) in [5.41, 5.74) is 1.73. The van der Waals surface area contributed by atoms with E-state index in [0.717, 1.165) is 15.7 Å². The van der Waals surface area contributed by atoms with Crippen LogP contribution in [0, 0.1) is 0 Å². The highest BCUT2D eigenvalue weighted by molar-refractivity contribution is 9.10. The van der Waals surface area contributed by atoms with Crippen molar-refractivity contribution in [3.63, 3.8) is 0 Å². The summed E-state index contributed by atoms with van der Waals surface area (Å²) in [7, 11) is 0. The lowest BCUT2D eigenvalue weighted by atomic mass is 10.2. The second kappa shape index (κ2) is 6.90. The Kier molecular flexibility index (Phi) is 5.20. The molecule has 1 N–H and O–H groups in total. The molecule has 106 valence electrons. The van der Waals surface area contributed by atoms with Crippen molar-refractivity contribution in [3.05, 3.63) is 57.5 Å². The van der Waals surface area contributed by atoms with Crippen LogP contribution in [0.3, 0.4) is 0 Å². The summed E-state index contributed by atoms with van der Waals surface area (Å²) in [6.07, 6.45) is 0. The van der Waals surface area contributed by atoms with Gasteiger partial charge >= 0.3 is 6.61 Å². The van der Waals surface area contributed by atoms with Crippen LogP contribution in [-0.2, 0) is 6.54 Å². The monoisotopic (exact) mass is 361 g/mol. The molecular formula is C14H11BrClF2NO. The molecule has 2 nitrogen and oxygen atoms in total. The molecule has 0 bridgehead atoms. The predicted molar refractivity (Wildman–Crippen MR) is 79.6 cm³/mol. The first-order valence-corrected chi connectivity index (χ1v) is 6.94. The van der Waals surface area contributed by atoms with Gasteiger partial charge in [0.2, 0.25) is 0 Å². The molecule has 0 aliphatic heterocycles. The van der Waals surface area contributed by atoms with Gasteiger partial charge in [-0.05, 0) is 35.9 Å². The van der Waals surface area contributed by atoms with E-state index in [2.05, 4.69) is 26.0 Å². The van der Waals surface area contributed by atoms with E-state index < -0.39 is 6.61 Å². The maximum Gasteiger partial charge on any atom is 0.387 e. The van der Waals surface area contributed by atoms with E-state index in [1.807, 2.05) is 12.1 Å². The number of nitrogens with one attached hydrogen (secondary N) is 1. The quantitative estimate of drug-likeness (QED) is 0.777.